The first-order chi connectivity index (χ1) is 10.6. The van der Waals surface area contributed by atoms with Gasteiger partial charge in [0.05, 0.1) is 11.4 Å². The third-order valence-corrected chi connectivity index (χ3v) is 4.38. The van der Waals surface area contributed by atoms with Crippen molar-refractivity contribution >= 4 is 33.2 Å². The Morgan fingerprint density at radius 1 is 1.45 bits per heavy atom. The fourth-order valence-electron chi connectivity index (χ4n) is 1.70. The highest BCUT2D eigenvalue weighted by Crippen LogP contribution is 2.19. The zero-order valence-electron chi connectivity index (χ0n) is 11.0. The normalized spacial score (nSPS) is 10.6. The summed E-state index contributed by atoms with van der Waals surface area (Å²) in [6.07, 6.45) is 1.50. The highest BCUT2D eigenvalue weighted by Gasteiger charge is 2.12. The van der Waals surface area contributed by atoms with Gasteiger partial charge in [0.25, 0.3) is 5.91 Å². The number of thiophene rings is 1. The fourth-order valence-corrected chi connectivity index (χ4v) is 3.05. The monoisotopic (exact) mass is 380 g/mol. The molecule has 0 spiro atoms. The number of hydrogen-bond donors (Lipinski definition) is 2. The summed E-state index contributed by atoms with van der Waals surface area (Å²) in [5, 5.41) is 8.30. The van der Waals surface area contributed by atoms with Gasteiger partial charge in [-0.15, -0.1) is 11.3 Å². The number of carbonyl (C=O) groups excluding carboxylic acids is 1. The number of hydrogen-bond acceptors (Lipinski definition) is 6. The number of nitrogens with one attached hydrogen (secondary N) is 2. The number of aromatic nitrogens is 3. The molecule has 0 aliphatic heterocycles. The maximum absolute atomic E-state index is 11.9. The quantitative estimate of drug-likeness (QED) is 0.722. The van der Waals surface area contributed by atoms with Crippen LogP contribution < -0.4 is 10.9 Å². The highest BCUT2D eigenvalue weighted by atomic mass is 79.9. The van der Waals surface area contributed by atoms with Crippen LogP contribution >= 0.6 is 27.3 Å². The van der Waals surface area contributed by atoms with Gasteiger partial charge < -0.3 is 14.8 Å². The van der Waals surface area contributed by atoms with Crippen LogP contribution in [0.3, 0.4) is 0 Å². The van der Waals surface area contributed by atoms with Gasteiger partial charge in [-0.1, -0.05) is 5.16 Å². The molecule has 3 aromatic heterocycles. The van der Waals surface area contributed by atoms with Crippen molar-refractivity contribution in [2.45, 2.75) is 6.54 Å². The van der Waals surface area contributed by atoms with E-state index < -0.39 is 0 Å². The number of rotatable bonds is 4. The Labute approximate surface area is 136 Å². The van der Waals surface area contributed by atoms with E-state index >= 15 is 0 Å². The van der Waals surface area contributed by atoms with Crippen LogP contribution in [0.1, 0.15) is 15.6 Å². The molecular weight excluding hydrogens is 372 g/mol. The summed E-state index contributed by atoms with van der Waals surface area (Å²) in [6.45, 7) is 0.116. The highest BCUT2D eigenvalue weighted by molar-refractivity contribution is 9.10. The first kappa shape index (κ1) is 14.7. The molecule has 3 heterocycles. The van der Waals surface area contributed by atoms with E-state index in [4.69, 9.17) is 4.52 Å². The molecule has 7 nitrogen and oxygen atoms in total. The molecule has 3 aromatic rings. The van der Waals surface area contributed by atoms with E-state index in [1.165, 1.54) is 23.6 Å². The van der Waals surface area contributed by atoms with Crippen molar-refractivity contribution < 1.29 is 9.32 Å². The first-order valence-electron chi connectivity index (χ1n) is 6.16. The summed E-state index contributed by atoms with van der Waals surface area (Å²) in [7, 11) is 0. The minimum atomic E-state index is -0.250. The van der Waals surface area contributed by atoms with Crippen molar-refractivity contribution in [2.24, 2.45) is 0 Å². The van der Waals surface area contributed by atoms with Crippen LogP contribution in [-0.4, -0.2) is 21.0 Å². The number of carbonyl (C=O) groups is 1. The molecule has 22 heavy (non-hydrogen) atoms. The molecule has 0 fully saturated rings. The standard InChI is InChI=1S/C13H9BrN4O3S/c14-8-4-9(22-6-8)13(20)16-5-11-17-12(18-21-11)7-1-2-15-10(19)3-7/h1-4,6H,5H2,(H,15,19)(H,16,20). The summed E-state index contributed by atoms with van der Waals surface area (Å²) in [6, 6.07) is 4.77. The average molecular weight is 381 g/mol. The zero-order valence-corrected chi connectivity index (χ0v) is 13.4. The predicted molar refractivity (Wildman–Crippen MR) is 83.5 cm³/mol. The molecule has 0 unspecified atom stereocenters. The second-order valence-electron chi connectivity index (χ2n) is 4.27. The molecule has 0 aliphatic carbocycles. The van der Waals surface area contributed by atoms with Gasteiger partial charge in [0.15, 0.2) is 0 Å². The Balaban J connectivity index is 1.67. The van der Waals surface area contributed by atoms with E-state index in [1.807, 2.05) is 5.38 Å². The van der Waals surface area contributed by atoms with Gasteiger partial charge in [-0.05, 0) is 28.1 Å². The lowest BCUT2D eigenvalue weighted by atomic mass is 10.2. The SMILES string of the molecule is O=C(NCc1nc(-c2cc[nH]c(=O)c2)no1)c1cc(Br)cs1. The van der Waals surface area contributed by atoms with E-state index in [1.54, 1.807) is 12.1 Å². The van der Waals surface area contributed by atoms with Crippen LogP contribution in [0.4, 0.5) is 0 Å². The second kappa shape index (κ2) is 6.24. The predicted octanol–water partition coefficient (Wildman–Crippen LogP) is 2.18. The number of halogens is 1. The molecule has 0 atom stereocenters. The van der Waals surface area contributed by atoms with Crippen LogP contribution in [0.2, 0.25) is 0 Å². The van der Waals surface area contributed by atoms with Gasteiger partial charge in [0.2, 0.25) is 17.3 Å². The maximum Gasteiger partial charge on any atom is 0.261 e. The topological polar surface area (TPSA) is 101 Å². The molecule has 0 aromatic carbocycles. The number of amides is 1. The average Bonchev–Trinajstić information content (AvgIpc) is 3.14. The second-order valence-corrected chi connectivity index (χ2v) is 6.09. The molecule has 112 valence electrons. The Morgan fingerprint density at radius 2 is 2.32 bits per heavy atom. The fraction of sp³-hybridized carbons (Fsp3) is 0.0769. The van der Waals surface area contributed by atoms with Crippen molar-refractivity contribution in [1.29, 1.82) is 0 Å². The van der Waals surface area contributed by atoms with Crippen LogP contribution in [0.5, 0.6) is 0 Å². The lowest BCUT2D eigenvalue weighted by molar-refractivity contribution is 0.0950. The molecule has 3 rings (SSSR count). The van der Waals surface area contributed by atoms with Gasteiger partial charge in [-0.25, -0.2) is 0 Å². The smallest absolute Gasteiger partial charge is 0.261 e. The maximum atomic E-state index is 11.9. The van der Waals surface area contributed by atoms with E-state index in [9.17, 15) is 9.59 Å². The molecule has 1 amide bonds. The third kappa shape index (κ3) is 3.31. The molecule has 0 saturated heterocycles. The lowest BCUT2D eigenvalue weighted by Gasteiger charge is -1.98. The minimum absolute atomic E-state index is 0.116. The van der Waals surface area contributed by atoms with Crippen molar-refractivity contribution in [1.82, 2.24) is 20.4 Å². The van der Waals surface area contributed by atoms with Gasteiger partial charge in [-0.2, -0.15) is 4.98 Å². The van der Waals surface area contributed by atoms with Crippen molar-refractivity contribution in [3.8, 4) is 11.4 Å². The van der Waals surface area contributed by atoms with Gasteiger partial charge in [0, 0.05) is 27.7 Å². The summed E-state index contributed by atoms with van der Waals surface area (Å²) >= 11 is 4.63. The minimum Gasteiger partial charge on any atom is -0.342 e. The summed E-state index contributed by atoms with van der Waals surface area (Å²) in [5.74, 6) is 0.347. The Hall–Kier alpha value is -2.26. The van der Waals surface area contributed by atoms with Crippen molar-refractivity contribution in [3.63, 3.8) is 0 Å². The van der Waals surface area contributed by atoms with Crippen LogP contribution in [0.25, 0.3) is 11.4 Å². The first-order valence-corrected chi connectivity index (χ1v) is 7.83. The zero-order chi connectivity index (χ0) is 15.5. The molecule has 9 heteroatoms. The Bertz CT molecular complexity index is 870. The molecular formula is C13H9BrN4O3S. The van der Waals surface area contributed by atoms with E-state index in [0.717, 1.165) is 4.47 Å². The van der Waals surface area contributed by atoms with E-state index in [0.29, 0.717) is 16.3 Å². The number of pyridine rings is 1. The van der Waals surface area contributed by atoms with E-state index in [2.05, 4.69) is 36.4 Å². The molecule has 2 N–H and O–H groups in total. The van der Waals surface area contributed by atoms with E-state index in [-0.39, 0.29) is 23.9 Å². The largest absolute Gasteiger partial charge is 0.342 e. The van der Waals surface area contributed by atoms with Gasteiger partial charge in [-0.3, -0.25) is 9.59 Å². The summed E-state index contributed by atoms with van der Waals surface area (Å²) in [4.78, 5) is 30.4. The Kier molecular flexibility index (Phi) is 4.16. The Morgan fingerprint density at radius 3 is 3.05 bits per heavy atom. The third-order valence-electron chi connectivity index (χ3n) is 2.69. The number of aromatic amines is 1. The number of nitrogens with zero attached hydrogens (tertiary/aromatic N) is 2. The molecule has 0 bridgehead atoms. The summed E-state index contributed by atoms with van der Waals surface area (Å²) < 4.78 is 5.91. The van der Waals surface area contributed by atoms with Gasteiger partial charge in [0.1, 0.15) is 0 Å². The molecule has 0 radical (unpaired) electrons. The van der Waals surface area contributed by atoms with Crippen LogP contribution in [0, 0.1) is 0 Å². The lowest BCUT2D eigenvalue weighted by Crippen LogP contribution is -2.21. The molecule has 0 saturated carbocycles. The van der Waals surface area contributed by atoms with Crippen LogP contribution in [-0.2, 0) is 6.54 Å². The molecule has 0 aliphatic rings. The van der Waals surface area contributed by atoms with Crippen LogP contribution in [0.15, 0.2) is 43.6 Å². The van der Waals surface area contributed by atoms with Crippen molar-refractivity contribution in [2.75, 3.05) is 0 Å². The summed E-state index contributed by atoms with van der Waals surface area (Å²) in [5.41, 5.74) is 0.299. The number of H-pyrrole nitrogens is 1. The van der Waals surface area contributed by atoms with Crippen molar-refractivity contribution in [3.05, 3.63) is 55.4 Å². The van der Waals surface area contributed by atoms with Gasteiger partial charge >= 0.3 is 0 Å².